The first-order valence-electron chi connectivity index (χ1n) is 9.46. The Balaban J connectivity index is 1.44. The molecular formula is C20H25FN2O2. The third-order valence-electron chi connectivity index (χ3n) is 5.81. The molecule has 0 spiro atoms. The minimum atomic E-state index is -0.262. The van der Waals surface area contributed by atoms with E-state index < -0.39 is 0 Å². The van der Waals surface area contributed by atoms with E-state index in [-0.39, 0.29) is 29.6 Å². The van der Waals surface area contributed by atoms with Crippen LogP contribution in [0.15, 0.2) is 24.3 Å². The van der Waals surface area contributed by atoms with Crippen LogP contribution in [0, 0.1) is 11.7 Å². The fraction of sp³-hybridized carbons (Fsp3) is 0.600. The van der Waals surface area contributed by atoms with Crippen molar-refractivity contribution in [3.63, 3.8) is 0 Å². The summed E-state index contributed by atoms with van der Waals surface area (Å²) < 4.78 is 13.1. The molecule has 1 aromatic carbocycles. The van der Waals surface area contributed by atoms with Crippen LogP contribution in [0.4, 0.5) is 4.39 Å². The molecule has 3 fully saturated rings. The molecule has 1 aliphatic heterocycles. The van der Waals surface area contributed by atoms with Gasteiger partial charge in [-0.15, -0.1) is 0 Å². The van der Waals surface area contributed by atoms with Gasteiger partial charge in [0.05, 0.1) is 5.92 Å². The number of carbonyl (C=O) groups excluding carboxylic acids is 2. The van der Waals surface area contributed by atoms with Gasteiger partial charge >= 0.3 is 0 Å². The molecule has 0 N–H and O–H groups in total. The number of rotatable bonds is 5. The van der Waals surface area contributed by atoms with Crippen LogP contribution in [-0.4, -0.2) is 40.2 Å². The Morgan fingerprint density at radius 1 is 1.12 bits per heavy atom. The maximum atomic E-state index is 13.1. The predicted octanol–water partition coefficient (Wildman–Crippen LogP) is 3.11. The fourth-order valence-corrected chi connectivity index (χ4v) is 4.26. The lowest BCUT2D eigenvalue weighted by Gasteiger charge is -2.27. The molecule has 0 aromatic heterocycles. The van der Waals surface area contributed by atoms with Gasteiger partial charge < -0.3 is 9.80 Å². The average molecular weight is 344 g/mol. The summed E-state index contributed by atoms with van der Waals surface area (Å²) in [5.74, 6) is -0.237. The summed E-state index contributed by atoms with van der Waals surface area (Å²) in [6.07, 6.45) is 6.93. The number of amides is 2. The lowest BCUT2D eigenvalue weighted by molar-refractivity contribution is -0.137. The van der Waals surface area contributed by atoms with Crippen LogP contribution in [0.25, 0.3) is 0 Å². The van der Waals surface area contributed by atoms with Crippen molar-refractivity contribution in [2.75, 3.05) is 6.54 Å². The molecule has 4 rings (SSSR count). The van der Waals surface area contributed by atoms with Crippen molar-refractivity contribution in [2.24, 2.45) is 5.92 Å². The van der Waals surface area contributed by atoms with Gasteiger partial charge in [-0.25, -0.2) is 4.39 Å². The van der Waals surface area contributed by atoms with Gasteiger partial charge in [0.15, 0.2) is 0 Å². The van der Waals surface area contributed by atoms with E-state index in [1.165, 1.54) is 25.0 Å². The van der Waals surface area contributed by atoms with E-state index in [2.05, 4.69) is 0 Å². The molecule has 1 heterocycles. The zero-order chi connectivity index (χ0) is 17.4. The van der Waals surface area contributed by atoms with E-state index in [4.69, 9.17) is 0 Å². The van der Waals surface area contributed by atoms with E-state index in [1.54, 1.807) is 12.1 Å². The van der Waals surface area contributed by atoms with Gasteiger partial charge in [0.1, 0.15) is 5.82 Å². The van der Waals surface area contributed by atoms with Crippen LogP contribution in [0.2, 0.25) is 0 Å². The molecule has 0 bridgehead atoms. The Labute approximate surface area is 148 Å². The molecule has 1 unspecified atom stereocenters. The topological polar surface area (TPSA) is 40.6 Å². The third-order valence-corrected chi connectivity index (χ3v) is 5.81. The first-order valence-corrected chi connectivity index (χ1v) is 9.46. The molecule has 2 saturated carbocycles. The van der Waals surface area contributed by atoms with Crippen molar-refractivity contribution in [3.8, 4) is 0 Å². The average Bonchev–Trinajstić information content (AvgIpc) is 3.15. The van der Waals surface area contributed by atoms with Gasteiger partial charge in [0.25, 0.3) is 0 Å². The van der Waals surface area contributed by atoms with Gasteiger partial charge in [0.2, 0.25) is 11.8 Å². The zero-order valence-corrected chi connectivity index (χ0v) is 14.5. The molecule has 1 saturated heterocycles. The lowest BCUT2D eigenvalue weighted by atomic mass is 10.1. The third kappa shape index (κ3) is 3.55. The molecule has 2 aliphatic carbocycles. The Hall–Kier alpha value is -1.91. The number of benzene rings is 1. The van der Waals surface area contributed by atoms with E-state index in [1.807, 2.05) is 9.80 Å². The quantitative estimate of drug-likeness (QED) is 0.823. The van der Waals surface area contributed by atoms with Crippen LogP contribution in [0.3, 0.4) is 0 Å². The molecule has 1 aromatic rings. The maximum Gasteiger partial charge on any atom is 0.228 e. The summed E-state index contributed by atoms with van der Waals surface area (Å²) in [6, 6.07) is 6.98. The van der Waals surface area contributed by atoms with Crippen molar-refractivity contribution < 1.29 is 14.0 Å². The molecule has 3 aliphatic rings. The van der Waals surface area contributed by atoms with Gasteiger partial charge in [-0.05, 0) is 43.4 Å². The second-order valence-corrected chi connectivity index (χ2v) is 7.71. The van der Waals surface area contributed by atoms with Crippen molar-refractivity contribution >= 4 is 11.8 Å². The molecular weight excluding hydrogens is 319 g/mol. The number of halogens is 1. The van der Waals surface area contributed by atoms with Gasteiger partial charge in [-0.3, -0.25) is 9.59 Å². The molecule has 2 amide bonds. The normalized spacial score (nSPS) is 24.1. The minimum absolute atomic E-state index is 0.0978. The smallest absolute Gasteiger partial charge is 0.228 e. The van der Waals surface area contributed by atoms with Gasteiger partial charge in [0, 0.05) is 31.6 Å². The number of hydrogen-bond donors (Lipinski definition) is 0. The highest BCUT2D eigenvalue weighted by Crippen LogP contribution is 2.34. The van der Waals surface area contributed by atoms with Crippen LogP contribution in [0.1, 0.15) is 50.5 Å². The lowest BCUT2D eigenvalue weighted by Crippen LogP contribution is -2.40. The summed E-state index contributed by atoms with van der Waals surface area (Å²) in [7, 11) is 0. The predicted molar refractivity (Wildman–Crippen MR) is 92.0 cm³/mol. The van der Waals surface area contributed by atoms with Crippen LogP contribution in [-0.2, 0) is 16.1 Å². The summed E-state index contributed by atoms with van der Waals surface area (Å²) in [5, 5.41) is 0. The number of likely N-dealkylation sites (tertiary alicyclic amines) is 1. The monoisotopic (exact) mass is 344 g/mol. The highest BCUT2D eigenvalue weighted by Gasteiger charge is 2.43. The highest BCUT2D eigenvalue weighted by molar-refractivity contribution is 5.89. The Bertz CT molecular complexity index is 650. The second-order valence-electron chi connectivity index (χ2n) is 7.71. The zero-order valence-electron chi connectivity index (χ0n) is 14.5. The fourth-order valence-electron chi connectivity index (χ4n) is 4.26. The first-order chi connectivity index (χ1) is 12.1. The Kier molecular flexibility index (Phi) is 4.48. The number of hydrogen-bond acceptors (Lipinski definition) is 2. The van der Waals surface area contributed by atoms with Crippen LogP contribution < -0.4 is 0 Å². The molecule has 4 nitrogen and oxygen atoms in total. The first kappa shape index (κ1) is 16.6. The highest BCUT2D eigenvalue weighted by atomic mass is 19.1. The van der Waals surface area contributed by atoms with Crippen LogP contribution >= 0.6 is 0 Å². The Morgan fingerprint density at radius 3 is 2.44 bits per heavy atom. The molecule has 0 radical (unpaired) electrons. The standard InChI is InChI=1S/C20H25FN2O2/c21-16-7-5-14(6-8-16)12-23(18-9-10-18)20(25)15-11-19(24)22(13-15)17-3-1-2-4-17/h5-8,15,17-18H,1-4,9-13H2. The van der Waals surface area contributed by atoms with E-state index in [0.29, 0.717) is 25.6 Å². The van der Waals surface area contributed by atoms with E-state index >= 15 is 0 Å². The summed E-state index contributed by atoms with van der Waals surface area (Å²) in [4.78, 5) is 29.3. The van der Waals surface area contributed by atoms with Gasteiger partial charge in [-0.1, -0.05) is 25.0 Å². The molecule has 5 heteroatoms. The van der Waals surface area contributed by atoms with E-state index in [9.17, 15) is 14.0 Å². The molecule has 25 heavy (non-hydrogen) atoms. The second kappa shape index (κ2) is 6.77. The van der Waals surface area contributed by atoms with Crippen molar-refractivity contribution in [2.45, 2.75) is 63.6 Å². The Morgan fingerprint density at radius 2 is 1.80 bits per heavy atom. The SMILES string of the molecule is O=C1CC(C(=O)N(Cc2ccc(F)cc2)C2CC2)CN1C1CCCC1. The number of carbonyl (C=O) groups is 2. The summed E-state index contributed by atoms with van der Waals surface area (Å²) in [5.41, 5.74) is 0.943. The minimum Gasteiger partial charge on any atom is -0.339 e. The van der Waals surface area contributed by atoms with Crippen LogP contribution in [0.5, 0.6) is 0 Å². The van der Waals surface area contributed by atoms with Crippen molar-refractivity contribution in [1.29, 1.82) is 0 Å². The number of nitrogens with zero attached hydrogens (tertiary/aromatic N) is 2. The molecule has 134 valence electrons. The summed E-state index contributed by atoms with van der Waals surface area (Å²) >= 11 is 0. The van der Waals surface area contributed by atoms with Crippen molar-refractivity contribution in [3.05, 3.63) is 35.6 Å². The summed E-state index contributed by atoms with van der Waals surface area (Å²) in [6.45, 7) is 1.09. The maximum absolute atomic E-state index is 13.1. The van der Waals surface area contributed by atoms with Gasteiger partial charge in [-0.2, -0.15) is 0 Å². The van der Waals surface area contributed by atoms with E-state index in [0.717, 1.165) is 31.2 Å². The largest absolute Gasteiger partial charge is 0.339 e. The van der Waals surface area contributed by atoms with Crippen molar-refractivity contribution in [1.82, 2.24) is 9.80 Å². The molecule has 1 atom stereocenters.